The Kier molecular flexibility index (Phi) is 12.2. The highest BCUT2D eigenvalue weighted by atomic mass is 32.1. The highest BCUT2D eigenvalue weighted by Gasteiger charge is 2.46. The first-order chi connectivity index (χ1) is 46.2. The third-order valence-electron chi connectivity index (χ3n) is 19.2. The summed E-state index contributed by atoms with van der Waals surface area (Å²) < 4.78 is 9.19. The Morgan fingerprint density at radius 1 is 0.247 bits per heavy atom. The number of rotatable bonds is 7. The van der Waals surface area contributed by atoms with Gasteiger partial charge in [0.2, 0.25) is 0 Å². The number of furan rings is 1. The Labute approximate surface area is 544 Å². The van der Waals surface area contributed by atoms with Gasteiger partial charge in [0.15, 0.2) is 0 Å². The van der Waals surface area contributed by atoms with Crippen LogP contribution in [0.5, 0.6) is 0 Å². The van der Waals surface area contributed by atoms with E-state index < -0.39 is 0 Å². The fourth-order valence-electron chi connectivity index (χ4n) is 15.4. The van der Waals surface area contributed by atoms with Crippen LogP contribution < -0.4 is 57.3 Å². The van der Waals surface area contributed by atoms with Crippen molar-refractivity contribution in [2.24, 2.45) is 0 Å². The number of anilines is 15. The molecule has 93 heavy (non-hydrogen) atoms. The molecule has 0 fully saturated rings. The molecule has 6 heterocycles. The van der Waals surface area contributed by atoms with Gasteiger partial charge in [0.05, 0.1) is 0 Å². The molecule has 4 aliphatic rings. The lowest BCUT2D eigenvalue weighted by atomic mass is 9.33. The maximum absolute atomic E-state index is 6.53. The van der Waals surface area contributed by atoms with E-state index in [1.807, 2.05) is 17.4 Å². The fraction of sp³-hybridized carbons (Fsp3) is 0. The first kappa shape index (κ1) is 53.1. The smallest absolute Gasteiger partial charge is 0.252 e. The molecule has 6 nitrogen and oxygen atoms in total. The molecule has 20 rings (SSSR count). The van der Waals surface area contributed by atoms with Crippen molar-refractivity contribution in [3.63, 3.8) is 0 Å². The van der Waals surface area contributed by atoms with Crippen LogP contribution in [0.1, 0.15) is 0 Å². The van der Waals surface area contributed by atoms with Crippen molar-refractivity contribution in [2.75, 3.05) is 24.5 Å². The van der Waals surface area contributed by atoms with E-state index >= 15 is 0 Å². The summed E-state index contributed by atoms with van der Waals surface area (Å²) in [6.45, 7) is 0.125. The minimum atomic E-state index is -0.0138. The van der Waals surface area contributed by atoms with Gasteiger partial charge in [-0.25, -0.2) is 0 Å². The second kappa shape index (κ2) is 21.4. The summed E-state index contributed by atoms with van der Waals surface area (Å²) >= 11 is 1.89. The van der Waals surface area contributed by atoms with Crippen molar-refractivity contribution in [3.05, 3.63) is 334 Å². The van der Waals surface area contributed by atoms with Gasteiger partial charge in [-0.3, -0.25) is 0 Å². The predicted molar refractivity (Wildman–Crippen MR) is 396 cm³/mol. The van der Waals surface area contributed by atoms with Gasteiger partial charge in [0, 0.05) is 117 Å². The first-order valence-electron chi connectivity index (χ1n) is 31.9. The molecule has 0 aliphatic carbocycles. The number of benzene rings is 14. The van der Waals surface area contributed by atoms with Crippen molar-refractivity contribution in [1.29, 1.82) is 0 Å². The number of fused-ring (bicyclic) bond motifs is 14. The number of para-hydroxylation sites is 8. The average molecular weight is 1200 g/mol. The van der Waals surface area contributed by atoms with Gasteiger partial charge in [-0.05, 0) is 172 Å². The summed E-state index contributed by atoms with van der Waals surface area (Å²) in [6, 6.07) is 121. The summed E-state index contributed by atoms with van der Waals surface area (Å²) in [5.41, 5.74) is 27.3. The fourth-order valence-corrected chi connectivity index (χ4v) is 16.5. The second-order valence-electron chi connectivity index (χ2n) is 24.3. The van der Waals surface area contributed by atoms with Gasteiger partial charge in [0.1, 0.15) is 11.2 Å². The Balaban J connectivity index is 0.000000138. The van der Waals surface area contributed by atoms with E-state index in [9.17, 15) is 0 Å². The van der Waals surface area contributed by atoms with E-state index in [1.54, 1.807) is 0 Å². The Morgan fingerprint density at radius 3 is 1.20 bits per heavy atom. The molecule has 9 heteroatoms. The summed E-state index contributed by atoms with van der Waals surface area (Å²) in [6.07, 6.45) is 0. The summed E-state index contributed by atoms with van der Waals surface area (Å²) in [4.78, 5) is 12.2. The van der Waals surface area contributed by atoms with E-state index in [-0.39, 0.29) is 13.4 Å². The van der Waals surface area contributed by atoms with Crippen molar-refractivity contribution in [3.8, 4) is 0 Å². The van der Waals surface area contributed by atoms with Crippen molar-refractivity contribution in [1.82, 2.24) is 0 Å². The predicted octanol–water partition coefficient (Wildman–Crippen LogP) is 19.3. The SMILES string of the molecule is c1ccc(N(c2ccccc2)c2ccc3c(c2)N(c2ccccc2)c2cccc4c2B3c2cc3c(cc2N4c2ccccc2)oc2ccccc23)cc1.c1ccc(N2c3ccccc3B3c4cc5c(cc4N(c4ccccc4)c4cccc2c43)sc2ccccc25)cc1. The Morgan fingerprint density at radius 2 is 0.656 bits per heavy atom. The number of nitrogens with zero attached hydrogens (tertiary/aromatic N) is 5. The summed E-state index contributed by atoms with van der Waals surface area (Å²) in [5.74, 6) is 0. The van der Waals surface area contributed by atoms with Gasteiger partial charge in [0.25, 0.3) is 13.4 Å². The summed E-state index contributed by atoms with van der Waals surface area (Å²) in [5, 5.41) is 4.95. The first-order valence-corrected chi connectivity index (χ1v) is 32.7. The van der Waals surface area contributed by atoms with Crippen LogP contribution in [0.3, 0.4) is 0 Å². The van der Waals surface area contributed by atoms with Crippen LogP contribution in [-0.2, 0) is 0 Å². The minimum Gasteiger partial charge on any atom is -0.456 e. The Hall–Kier alpha value is -11.8. The van der Waals surface area contributed by atoms with E-state index in [0.29, 0.717) is 0 Å². The van der Waals surface area contributed by atoms with Crippen LogP contribution >= 0.6 is 11.3 Å². The lowest BCUT2D eigenvalue weighted by Gasteiger charge is -2.44. The average Bonchev–Trinajstić information content (AvgIpc) is 1.71. The number of thiophene rings is 1. The molecule has 14 aromatic carbocycles. The highest BCUT2D eigenvalue weighted by molar-refractivity contribution is 7.26. The van der Waals surface area contributed by atoms with Crippen LogP contribution in [0.4, 0.5) is 85.3 Å². The van der Waals surface area contributed by atoms with Gasteiger partial charge < -0.3 is 28.9 Å². The maximum atomic E-state index is 6.53. The monoisotopic (exact) mass is 1200 g/mol. The maximum Gasteiger partial charge on any atom is 0.252 e. The zero-order valence-corrected chi connectivity index (χ0v) is 51.3. The van der Waals surface area contributed by atoms with E-state index in [4.69, 9.17) is 4.42 Å². The van der Waals surface area contributed by atoms with Gasteiger partial charge in [-0.2, -0.15) is 0 Å². The number of hydrogen-bond donors (Lipinski definition) is 0. The molecular weight excluding hydrogens is 1150 g/mol. The molecule has 0 spiro atoms. The molecule has 0 bridgehead atoms. The molecule has 0 saturated carbocycles. The van der Waals surface area contributed by atoms with Gasteiger partial charge in [-0.1, -0.05) is 194 Å². The minimum absolute atomic E-state index is 0.0138. The molecule has 0 N–H and O–H groups in total. The largest absolute Gasteiger partial charge is 0.456 e. The normalized spacial score (nSPS) is 13.0. The standard InChI is InChI=1S/C48H32BN3O.C36H23BN2S/c1-5-16-33(17-6-1)50(34-18-7-2-8-19-34)37-28-29-40-44(30-37)51(35-20-9-3-10-21-35)42-25-15-26-43-48(42)49(40)41-31-39-38-24-13-14-27-46(38)53-47(39)32-45(41)52(43)36-22-11-4-12-23-36;1-3-12-24(13-4-1)38-30-18-9-8-17-28(30)37-29-22-27-26-16-7-10-21-34(26)40-35(27)23-33(29)39(25-14-5-2-6-15-25)32-20-11-19-31(38)36(32)37/h1-32H;1-23H. The summed E-state index contributed by atoms with van der Waals surface area (Å²) in [7, 11) is 0. The van der Waals surface area contributed by atoms with Crippen molar-refractivity contribution in [2.45, 2.75) is 0 Å². The molecule has 0 saturated heterocycles. The van der Waals surface area contributed by atoms with Crippen LogP contribution in [0.15, 0.2) is 338 Å². The molecule has 0 atom stereocenters. The molecule has 0 amide bonds. The van der Waals surface area contributed by atoms with Crippen LogP contribution in [0.2, 0.25) is 0 Å². The number of hydrogen-bond acceptors (Lipinski definition) is 7. The third-order valence-corrected chi connectivity index (χ3v) is 20.3. The van der Waals surface area contributed by atoms with Crippen LogP contribution in [0.25, 0.3) is 42.1 Å². The molecular formula is C84H55B2N5OS. The lowest BCUT2D eigenvalue weighted by Crippen LogP contribution is -2.61. The van der Waals surface area contributed by atoms with Gasteiger partial charge >= 0.3 is 0 Å². The molecule has 2 aromatic heterocycles. The van der Waals surface area contributed by atoms with Crippen LogP contribution in [-0.4, -0.2) is 13.4 Å². The zero-order chi connectivity index (χ0) is 61.1. The highest BCUT2D eigenvalue weighted by Crippen LogP contribution is 2.49. The lowest BCUT2D eigenvalue weighted by molar-refractivity contribution is 0.669. The van der Waals surface area contributed by atoms with Gasteiger partial charge in [-0.15, -0.1) is 11.3 Å². The topological polar surface area (TPSA) is 29.3 Å². The second-order valence-corrected chi connectivity index (χ2v) is 25.4. The van der Waals surface area contributed by atoms with E-state index in [2.05, 4.69) is 352 Å². The van der Waals surface area contributed by atoms with E-state index in [0.717, 1.165) is 61.8 Å². The zero-order valence-electron chi connectivity index (χ0n) is 50.5. The van der Waals surface area contributed by atoms with E-state index in [1.165, 1.54) is 98.4 Å². The quantitative estimate of drug-likeness (QED) is 0.148. The Bertz CT molecular complexity index is 5540. The molecule has 434 valence electrons. The molecule has 16 aromatic rings. The molecule has 0 radical (unpaired) electrons. The van der Waals surface area contributed by atoms with Crippen molar-refractivity contribution >= 4 is 185 Å². The molecule has 4 aliphatic heterocycles. The van der Waals surface area contributed by atoms with Crippen LogP contribution in [0, 0.1) is 0 Å². The van der Waals surface area contributed by atoms with Crippen molar-refractivity contribution < 1.29 is 4.42 Å². The molecule has 0 unspecified atom stereocenters. The third kappa shape index (κ3) is 8.37.